The van der Waals surface area contributed by atoms with Crippen LogP contribution in [0.15, 0.2) is 66.5 Å². The largest absolute Gasteiger partial charge is 0.508 e. The lowest BCUT2D eigenvalue weighted by molar-refractivity contribution is 0.104. The minimum Gasteiger partial charge on any atom is -0.508 e. The van der Waals surface area contributed by atoms with Gasteiger partial charge in [-0.3, -0.25) is 9.48 Å². The maximum absolute atomic E-state index is 12.4. The number of rotatable bonds is 3. The maximum Gasteiger partial charge on any atom is 0.189 e. The normalized spacial score (nSPS) is 15.0. The summed E-state index contributed by atoms with van der Waals surface area (Å²) in [5.74, 6) is 0.167. The molecule has 0 amide bonds. The predicted molar refractivity (Wildman–Crippen MR) is 91.9 cm³/mol. The molecule has 0 radical (unpaired) electrons. The molecule has 1 aliphatic carbocycles. The number of nitrogens with zero attached hydrogens (tertiary/aromatic N) is 2. The van der Waals surface area contributed by atoms with Gasteiger partial charge >= 0.3 is 0 Å². The SMILES string of the molecule is O=C1/C(=C\c2cnn(Cc3ccccc3)c2)Cc2c(O)cccc21. The van der Waals surface area contributed by atoms with Crippen LogP contribution in [0.25, 0.3) is 6.08 Å². The van der Waals surface area contributed by atoms with E-state index in [2.05, 4.69) is 17.2 Å². The number of hydrogen-bond donors (Lipinski definition) is 1. The zero-order valence-electron chi connectivity index (χ0n) is 13.0. The van der Waals surface area contributed by atoms with E-state index in [1.165, 1.54) is 5.56 Å². The van der Waals surface area contributed by atoms with Crippen LogP contribution >= 0.6 is 0 Å². The molecule has 3 aromatic rings. The van der Waals surface area contributed by atoms with Crippen LogP contribution in [0.1, 0.15) is 27.0 Å². The fourth-order valence-electron chi connectivity index (χ4n) is 3.05. The zero-order chi connectivity index (χ0) is 16.5. The zero-order valence-corrected chi connectivity index (χ0v) is 13.0. The van der Waals surface area contributed by atoms with Crippen LogP contribution in [-0.2, 0) is 13.0 Å². The number of ketones is 1. The van der Waals surface area contributed by atoms with Crippen molar-refractivity contribution in [2.24, 2.45) is 0 Å². The molecule has 1 heterocycles. The highest BCUT2D eigenvalue weighted by atomic mass is 16.3. The number of phenols is 1. The van der Waals surface area contributed by atoms with Gasteiger partial charge in [0.2, 0.25) is 0 Å². The van der Waals surface area contributed by atoms with E-state index in [9.17, 15) is 9.90 Å². The summed E-state index contributed by atoms with van der Waals surface area (Å²) in [7, 11) is 0. The minimum atomic E-state index is -0.0169. The molecule has 0 atom stereocenters. The summed E-state index contributed by atoms with van der Waals surface area (Å²) in [6.07, 6.45) is 6.00. The van der Waals surface area contributed by atoms with Crippen LogP contribution in [0.5, 0.6) is 5.75 Å². The number of carbonyl (C=O) groups excluding carboxylic acids is 1. The number of aromatic hydroxyl groups is 1. The van der Waals surface area contributed by atoms with E-state index >= 15 is 0 Å². The van der Waals surface area contributed by atoms with Gasteiger partial charge in [0.15, 0.2) is 5.78 Å². The van der Waals surface area contributed by atoms with Crippen LogP contribution in [-0.4, -0.2) is 20.7 Å². The molecule has 0 unspecified atom stereocenters. The summed E-state index contributed by atoms with van der Waals surface area (Å²) >= 11 is 0. The monoisotopic (exact) mass is 316 g/mol. The van der Waals surface area contributed by atoms with E-state index in [1.54, 1.807) is 24.4 Å². The highest BCUT2D eigenvalue weighted by Gasteiger charge is 2.26. The molecule has 1 aromatic heterocycles. The highest BCUT2D eigenvalue weighted by molar-refractivity contribution is 6.16. The Hall–Kier alpha value is -3.14. The Morgan fingerprint density at radius 3 is 2.75 bits per heavy atom. The molecule has 24 heavy (non-hydrogen) atoms. The van der Waals surface area contributed by atoms with Crippen LogP contribution in [0.4, 0.5) is 0 Å². The van der Waals surface area contributed by atoms with Gasteiger partial charge in [-0.15, -0.1) is 0 Å². The number of phenolic OH excluding ortho intramolecular Hbond substituents is 1. The summed E-state index contributed by atoms with van der Waals surface area (Å²) in [6, 6.07) is 15.2. The summed E-state index contributed by atoms with van der Waals surface area (Å²) in [6.45, 7) is 0.693. The van der Waals surface area contributed by atoms with E-state index in [1.807, 2.05) is 35.2 Å². The van der Waals surface area contributed by atoms with Crippen molar-refractivity contribution < 1.29 is 9.90 Å². The van der Waals surface area contributed by atoms with Crippen molar-refractivity contribution in [2.75, 3.05) is 0 Å². The first kappa shape index (κ1) is 14.5. The van der Waals surface area contributed by atoms with Gasteiger partial charge < -0.3 is 5.11 Å². The summed E-state index contributed by atoms with van der Waals surface area (Å²) < 4.78 is 1.85. The number of carbonyl (C=O) groups is 1. The molecule has 0 spiro atoms. The van der Waals surface area contributed by atoms with Crippen LogP contribution in [0.3, 0.4) is 0 Å². The molecule has 0 saturated heterocycles. The van der Waals surface area contributed by atoms with Crippen molar-refractivity contribution >= 4 is 11.9 Å². The second-order valence-electron chi connectivity index (χ2n) is 5.94. The Bertz CT molecular complexity index is 939. The van der Waals surface area contributed by atoms with Crippen molar-refractivity contribution in [3.8, 4) is 5.75 Å². The van der Waals surface area contributed by atoms with Gasteiger partial charge in [0.1, 0.15) is 5.75 Å². The van der Waals surface area contributed by atoms with E-state index in [0.717, 1.165) is 5.56 Å². The molecule has 1 N–H and O–H groups in total. The standard InChI is InChI=1S/C20H16N2O2/c23-19-8-4-7-17-18(19)10-16(20(17)24)9-15-11-21-22(13-15)12-14-5-2-1-3-6-14/h1-9,11,13,23H,10,12H2/b16-9-. The molecule has 0 saturated carbocycles. The van der Waals surface area contributed by atoms with E-state index in [4.69, 9.17) is 0 Å². The molecule has 4 nitrogen and oxygen atoms in total. The molecule has 2 aromatic carbocycles. The van der Waals surface area contributed by atoms with Crippen molar-refractivity contribution in [1.82, 2.24) is 9.78 Å². The Morgan fingerprint density at radius 1 is 1.12 bits per heavy atom. The Balaban J connectivity index is 1.57. The molecule has 0 fully saturated rings. The second-order valence-corrected chi connectivity index (χ2v) is 5.94. The maximum atomic E-state index is 12.4. The number of benzene rings is 2. The first-order chi connectivity index (χ1) is 11.7. The Morgan fingerprint density at radius 2 is 1.96 bits per heavy atom. The number of fused-ring (bicyclic) bond motifs is 1. The fourth-order valence-corrected chi connectivity index (χ4v) is 3.05. The Kier molecular flexibility index (Phi) is 3.50. The molecule has 4 rings (SSSR count). The van der Waals surface area contributed by atoms with Gasteiger partial charge in [0, 0.05) is 34.9 Å². The summed E-state index contributed by atoms with van der Waals surface area (Å²) in [5, 5.41) is 14.3. The fraction of sp³-hybridized carbons (Fsp3) is 0.100. The number of Topliss-reactive ketones (excluding diaryl/α,β-unsaturated/α-hetero) is 1. The van der Waals surface area contributed by atoms with Crippen molar-refractivity contribution in [2.45, 2.75) is 13.0 Å². The number of aromatic nitrogens is 2. The minimum absolute atomic E-state index is 0.0169. The lowest BCUT2D eigenvalue weighted by Gasteiger charge is -2.00. The van der Waals surface area contributed by atoms with Crippen LogP contribution in [0, 0.1) is 0 Å². The van der Waals surface area contributed by atoms with Crippen LogP contribution < -0.4 is 0 Å². The van der Waals surface area contributed by atoms with Crippen molar-refractivity contribution in [3.05, 3.63) is 88.8 Å². The smallest absolute Gasteiger partial charge is 0.189 e. The summed E-state index contributed by atoms with van der Waals surface area (Å²) in [5.41, 5.74) is 4.06. The topological polar surface area (TPSA) is 55.1 Å². The Labute approximate surface area is 139 Å². The predicted octanol–water partition coefficient (Wildman–Crippen LogP) is 3.46. The van der Waals surface area contributed by atoms with Crippen molar-refractivity contribution in [1.29, 1.82) is 0 Å². The van der Waals surface area contributed by atoms with Gasteiger partial charge in [-0.1, -0.05) is 42.5 Å². The quantitative estimate of drug-likeness (QED) is 0.753. The second kappa shape index (κ2) is 5.81. The molecular weight excluding hydrogens is 300 g/mol. The third kappa shape index (κ3) is 2.63. The van der Waals surface area contributed by atoms with Crippen molar-refractivity contribution in [3.63, 3.8) is 0 Å². The average Bonchev–Trinajstić information content (AvgIpc) is 3.15. The van der Waals surface area contributed by atoms with E-state index in [-0.39, 0.29) is 11.5 Å². The van der Waals surface area contributed by atoms with Crippen LogP contribution in [0.2, 0.25) is 0 Å². The number of hydrogen-bond acceptors (Lipinski definition) is 3. The van der Waals surface area contributed by atoms with Gasteiger partial charge in [-0.05, 0) is 17.7 Å². The van der Waals surface area contributed by atoms with E-state index < -0.39 is 0 Å². The average molecular weight is 316 g/mol. The third-order valence-electron chi connectivity index (χ3n) is 4.24. The van der Waals surface area contributed by atoms with E-state index in [0.29, 0.717) is 29.7 Å². The number of allylic oxidation sites excluding steroid dienone is 1. The summed E-state index contributed by atoms with van der Waals surface area (Å²) in [4.78, 5) is 12.4. The molecule has 0 aliphatic heterocycles. The van der Waals surface area contributed by atoms with Gasteiger partial charge in [0.25, 0.3) is 0 Å². The first-order valence-electron chi connectivity index (χ1n) is 7.83. The first-order valence-corrected chi connectivity index (χ1v) is 7.83. The van der Waals surface area contributed by atoms with Gasteiger partial charge in [-0.2, -0.15) is 5.10 Å². The molecule has 0 bridgehead atoms. The highest BCUT2D eigenvalue weighted by Crippen LogP contribution is 2.33. The lowest BCUT2D eigenvalue weighted by Crippen LogP contribution is -1.99. The van der Waals surface area contributed by atoms with Gasteiger partial charge in [0.05, 0.1) is 12.7 Å². The molecular formula is C20H16N2O2. The third-order valence-corrected chi connectivity index (χ3v) is 4.24. The molecule has 4 heteroatoms. The van der Waals surface area contributed by atoms with Gasteiger partial charge in [-0.25, -0.2) is 0 Å². The molecule has 1 aliphatic rings. The lowest BCUT2D eigenvalue weighted by atomic mass is 10.1. The molecule has 118 valence electrons.